The highest BCUT2D eigenvalue weighted by molar-refractivity contribution is 6.04. The Morgan fingerprint density at radius 1 is 1.03 bits per heavy atom. The van der Waals surface area contributed by atoms with Gasteiger partial charge < -0.3 is 24.0 Å². The molecule has 156 valence electrons. The predicted molar refractivity (Wildman–Crippen MR) is 110 cm³/mol. The molecule has 2 aromatic carbocycles. The fraction of sp³-hybridized carbons (Fsp3) is 0.318. The van der Waals surface area contributed by atoms with Gasteiger partial charge in [0.1, 0.15) is 17.9 Å². The molecule has 2 heterocycles. The molecule has 2 aromatic rings. The summed E-state index contributed by atoms with van der Waals surface area (Å²) < 4.78 is 16.3. The Labute approximate surface area is 174 Å². The van der Waals surface area contributed by atoms with Crippen molar-refractivity contribution in [3.8, 4) is 17.2 Å². The van der Waals surface area contributed by atoms with Crippen molar-refractivity contribution >= 4 is 23.4 Å². The van der Waals surface area contributed by atoms with E-state index < -0.39 is 5.97 Å². The van der Waals surface area contributed by atoms with Crippen LogP contribution in [-0.2, 0) is 14.3 Å². The lowest BCUT2D eigenvalue weighted by Crippen LogP contribution is -2.51. The first-order chi connectivity index (χ1) is 14.6. The van der Waals surface area contributed by atoms with Crippen LogP contribution in [0.5, 0.6) is 17.2 Å². The number of amidine groups is 1. The smallest absolute Gasteiger partial charge is 0.315 e. The second-order valence-electron chi connectivity index (χ2n) is 6.96. The highest BCUT2D eigenvalue weighted by Gasteiger charge is 2.29. The van der Waals surface area contributed by atoms with Crippen LogP contribution < -0.4 is 9.47 Å². The van der Waals surface area contributed by atoms with E-state index in [0.717, 1.165) is 17.1 Å². The van der Waals surface area contributed by atoms with Gasteiger partial charge in [0.15, 0.2) is 17.2 Å². The number of hydrogen-bond acceptors (Lipinski definition) is 7. The Hall–Kier alpha value is -3.55. The number of hydrogen-bond donors (Lipinski definition) is 0. The number of para-hydroxylation sites is 3. The predicted octanol–water partition coefficient (Wildman–Crippen LogP) is 2.59. The summed E-state index contributed by atoms with van der Waals surface area (Å²) in [6.45, 7) is 2.17. The Morgan fingerprint density at radius 2 is 1.80 bits per heavy atom. The van der Waals surface area contributed by atoms with Crippen LogP contribution in [0.3, 0.4) is 0 Å². The van der Waals surface area contributed by atoms with Gasteiger partial charge in [-0.05, 0) is 24.3 Å². The summed E-state index contributed by atoms with van der Waals surface area (Å²) >= 11 is 0. The maximum Gasteiger partial charge on any atom is 0.315 e. The number of ether oxygens (including phenoxy) is 3. The second-order valence-corrected chi connectivity index (χ2v) is 6.96. The van der Waals surface area contributed by atoms with Gasteiger partial charge in [0.2, 0.25) is 5.91 Å². The molecule has 1 amide bonds. The fourth-order valence-corrected chi connectivity index (χ4v) is 3.59. The van der Waals surface area contributed by atoms with Crippen molar-refractivity contribution in [2.75, 3.05) is 40.4 Å². The van der Waals surface area contributed by atoms with Crippen molar-refractivity contribution in [1.29, 1.82) is 0 Å². The number of benzene rings is 2. The van der Waals surface area contributed by atoms with Crippen LogP contribution in [0.1, 0.15) is 12.0 Å². The third-order valence-corrected chi connectivity index (χ3v) is 5.20. The zero-order chi connectivity index (χ0) is 21.1. The molecule has 8 nitrogen and oxygen atoms in total. The number of rotatable bonds is 3. The van der Waals surface area contributed by atoms with E-state index in [1.54, 1.807) is 12.0 Å². The first-order valence-electron chi connectivity index (χ1n) is 9.73. The molecule has 0 aromatic heterocycles. The molecular weight excluding hydrogens is 386 g/mol. The summed E-state index contributed by atoms with van der Waals surface area (Å²) in [4.78, 5) is 32.4. The van der Waals surface area contributed by atoms with Gasteiger partial charge in [0.05, 0.1) is 19.8 Å². The number of fused-ring (bicyclic) bond motifs is 2. The normalized spacial score (nSPS) is 15.2. The molecule has 0 saturated carbocycles. The van der Waals surface area contributed by atoms with Crippen molar-refractivity contribution in [3.63, 3.8) is 0 Å². The number of esters is 1. The molecule has 2 aliphatic heterocycles. The largest absolute Gasteiger partial charge is 0.493 e. The van der Waals surface area contributed by atoms with Crippen molar-refractivity contribution in [2.24, 2.45) is 4.99 Å². The molecule has 0 atom stereocenters. The average Bonchev–Trinajstić information content (AvgIpc) is 2.95. The number of carbonyl (C=O) groups excluding carboxylic acids is 2. The van der Waals surface area contributed by atoms with E-state index in [1.807, 2.05) is 42.5 Å². The minimum absolute atomic E-state index is 0.222. The van der Waals surface area contributed by atoms with Gasteiger partial charge in [-0.2, -0.15) is 0 Å². The maximum atomic E-state index is 12.3. The summed E-state index contributed by atoms with van der Waals surface area (Å²) in [6.07, 6.45) is -0.237. The third-order valence-electron chi connectivity index (χ3n) is 5.20. The molecular formula is C22H23N3O5. The molecule has 1 saturated heterocycles. The Morgan fingerprint density at radius 3 is 2.53 bits per heavy atom. The first-order valence-corrected chi connectivity index (χ1v) is 9.73. The minimum Gasteiger partial charge on any atom is -0.493 e. The zero-order valence-corrected chi connectivity index (χ0v) is 17.0. The lowest BCUT2D eigenvalue weighted by Gasteiger charge is -2.36. The molecule has 2 aliphatic rings. The number of aliphatic imine (C=N–C) groups is 1. The van der Waals surface area contributed by atoms with E-state index in [2.05, 4.69) is 9.64 Å². The van der Waals surface area contributed by atoms with Gasteiger partial charge in [-0.3, -0.25) is 9.59 Å². The maximum absolute atomic E-state index is 12.3. The standard InChI is InChI=1S/C22H23N3O5/c1-28-18-9-5-6-15-21(18)30-17-8-4-3-7-16(17)23-22(15)25-12-10-24(11-13-25)19(26)14-20(27)29-2/h3-9H,10-14H2,1-2H3. The lowest BCUT2D eigenvalue weighted by molar-refractivity contribution is -0.147. The molecule has 0 N–H and O–H groups in total. The highest BCUT2D eigenvalue weighted by atomic mass is 16.5. The quantitative estimate of drug-likeness (QED) is 0.573. The monoisotopic (exact) mass is 409 g/mol. The average molecular weight is 409 g/mol. The summed E-state index contributed by atoms with van der Waals surface area (Å²) in [5.74, 6) is 1.93. The molecule has 0 radical (unpaired) electrons. The Kier molecular flexibility index (Phi) is 5.56. The Bertz CT molecular complexity index is 996. The van der Waals surface area contributed by atoms with Gasteiger partial charge in [-0.15, -0.1) is 0 Å². The number of methoxy groups -OCH3 is 2. The molecule has 0 spiro atoms. The number of amides is 1. The molecule has 1 fully saturated rings. The summed E-state index contributed by atoms with van der Waals surface area (Å²) in [5, 5.41) is 0. The van der Waals surface area contributed by atoms with E-state index in [1.165, 1.54) is 7.11 Å². The van der Waals surface area contributed by atoms with E-state index in [9.17, 15) is 9.59 Å². The summed E-state index contributed by atoms with van der Waals surface area (Å²) in [6, 6.07) is 13.3. The van der Waals surface area contributed by atoms with Crippen LogP contribution in [0, 0.1) is 0 Å². The fourth-order valence-electron chi connectivity index (χ4n) is 3.59. The van der Waals surface area contributed by atoms with Crippen LogP contribution >= 0.6 is 0 Å². The van der Waals surface area contributed by atoms with Crippen LogP contribution in [0.2, 0.25) is 0 Å². The first kappa shape index (κ1) is 19.8. The molecule has 8 heteroatoms. The summed E-state index contributed by atoms with van der Waals surface area (Å²) in [5.41, 5.74) is 1.56. The van der Waals surface area contributed by atoms with Crippen molar-refractivity contribution < 1.29 is 23.8 Å². The van der Waals surface area contributed by atoms with Crippen molar-refractivity contribution in [3.05, 3.63) is 48.0 Å². The van der Waals surface area contributed by atoms with Crippen molar-refractivity contribution in [2.45, 2.75) is 6.42 Å². The zero-order valence-electron chi connectivity index (χ0n) is 17.0. The molecule has 0 bridgehead atoms. The Balaban J connectivity index is 1.62. The van der Waals surface area contributed by atoms with E-state index in [0.29, 0.717) is 43.4 Å². The van der Waals surface area contributed by atoms with Crippen LogP contribution in [0.4, 0.5) is 5.69 Å². The third kappa shape index (κ3) is 3.80. The lowest BCUT2D eigenvalue weighted by atomic mass is 10.1. The van der Waals surface area contributed by atoms with E-state index in [4.69, 9.17) is 14.5 Å². The second kappa shape index (κ2) is 8.44. The van der Waals surface area contributed by atoms with Gasteiger partial charge >= 0.3 is 5.97 Å². The summed E-state index contributed by atoms with van der Waals surface area (Å²) in [7, 11) is 2.89. The van der Waals surface area contributed by atoms with Crippen LogP contribution in [-0.4, -0.2) is 67.9 Å². The number of piperazine rings is 1. The molecule has 0 unspecified atom stereocenters. The number of carbonyl (C=O) groups is 2. The molecule has 0 aliphatic carbocycles. The van der Waals surface area contributed by atoms with Gasteiger partial charge in [0.25, 0.3) is 0 Å². The van der Waals surface area contributed by atoms with Crippen LogP contribution in [0.25, 0.3) is 0 Å². The number of nitrogens with zero attached hydrogens (tertiary/aromatic N) is 3. The SMILES string of the molecule is COC(=O)CC(=O)N1CCN(C2=Nc3ccccc3Oc3c(OC)cccc32)CC1. The minimum atomic E-state index is -0.523. The molecule has 4 rings (SSSR count). The highest BCUT2D eigenvalue weighted by Crippen LogP contribution is 2.42. The van der Waals surface area contributed by atoms with Crippen molar-refractivity contribution in [1.82, 2.24) is 9.80 Å². The van der Waals surface area contributed by atoms with Gasteiger partial charge in [0, 0.05) is 26.2 Å². The van der Waals surface area contributed by atoms with Crippen LogP contribution in [0.15, 0.2) is 47.5 Å². The van der Waals surface area contributed by atoms with Gasteiger partial charge in [-0.25, -0.2) is 4.99 Å². The molecule has 30 heavy (non-hydrogen) atoms. The van der Waals surface area contributed by atoms with E-state index >= 15 is 0 Å². The van der Waals surface area contributed by atoms with Gasteiger partial charge in [-0.1, -0.05) is 18.2 Å². The van der Waals surface area contributed by atoms with E-state index in [-0.39, 0.29) is 12.3 Å². The topological polar surface area (TPSA) is 80.7 Å².